The fraction of sp³-hybridized carbons (Fsp3) is 0.136. The van der Waals surface area contributed by atoms with Crippen LogP contribution in [-0.4, -0.2) is 15.8 Å². The molecule has 4 nitrogen and oxygen atoms in total. The van der Waals surface area contributed by atoms with E-state index in [1.807, 2.05) is 48.5 Å². The number of fused-ring (bicyclic) bond motifs is 1. The Bertz CT molecular complexity index is 950. The van der Waals surface area contributed by atoms with Crippen molar-refractivity contribution < 1.29 is 9.53 Å². The van der Waals surface area contributed by atoms with Crippen molar-refractivity contribution >= 4 is 11.9 Å². The minimum absolute atomic E-state index is 0.0736. The van der Waals surface area contributed by atoms with Crippen molar-refractivity contribution in [3.05, 3.63) is 95.1 Å². The lowest BCUT2D eigenvalue weighted by atomic mass is 9.86. The zero-order chi connectivity index (χ0) is 17.8. The molecule has 4 rings (SSSR count). The molecule has 0 saturated carbocycles. The van der Waals surface area contributed by atoms with E-state index in [2.05, 4.69) is 9.97 Å². The summed E-state index contributed by atoms with van der Waals surface area (Å²) in [6.45, 7) is 0.452. The lowest BCUT2D eigenvalue weighted by molar-refractivity contribution is 0.102. The number of hydrogen-bond donors (Lipinski definition) is 0. The van der Waals surface area contributed by atoms with E-state index in [4.69, 9.17) is 4.74 Å². The van der Waals surface area contributed by atoms with Gasteiger partial charge in [-0.2, -0.15) is 0 Å². The molecule has 3 aromatic rings. The molecule has 4 heteroatoms. The van der Waals surface area contributed by atoms with Crippen LogP contribution >= 0.6 is 0 Å². The summed E-state index contributed by atoms with van der Waals surface area (Å²) in [5, 5.41) is 0. The molecule has 0 atom stereocenters. The van der Waals surface area contributed by atoms with Crippen LogP contribution in [0.15, 0.2) is 72.8 Å². The van der Waals surface area contributed by atoms with Crippen molar-refractivity contribution in [2.45, 2.75) is 19.4 Å². The van der Waals surface area contributed by atoms with Crippen LogP contribution < -0.4 is 4.74 Å². The van der Waals surface area contributed by atoms with E-state index in [-0.39, 0.29) is 5.78 Å². The second kappa shape index (κ2) is 7.31. The number of nitrogens with zero attached hydrogens (tertiary/aromatic N) is 2. The summed E-state index contributed by atoms with van der Waals surface area (Å²) in [6, 6.07) is 13.4. The van der Waals surface area contributed by atoms with Crippen molar-refractivity contribution in [3.63, 3.8) is 0 Å². The number of pyridine rings is 2. The van der Waals surface area contributed by atoms with Gasteiger partial charge in [-0.25, -0.2) is 0 Å². The minimum atomic E-state index is 0.0736. The molecule has 0 saturated heterocycles. The third-order valence-corrected chi connectivity index (χ3v) is 4.46. The third-order valence-electron chi connectivity index (χ3n) is 4.46. The molecule has 0 bridgehead atoms. The highest BCUT2D eigenvalue weighted by Gasteiger charge is 2.22. The van der Waals surface area contributed by atoms with Crippen LogP contribution in [0.4, 0.5) is 0 Å². The minimum Gasteiger partial charge on any atom is -0.489 e. The number of ether oxygens (including phenoxy) is 1. The largest absolute Gasteiger partial charge is 0.489 e. The van der Waals surface area contributed by atoms with E-state index >= 15 is 0 Å². The number of Topliss-reactive ketones (excluding diaryl/α,β-unsaturated/α-hetero) is 1. The van der Waals surface area contributed by atoms with Gasteiger partial charge in [0.2, 0.25) is 0 Å². The maximum Gasteiger partial charge on any atom is 0.189 e. The first-order valence-corrected chi connectivity index (χ1v) is 8.59. The first-order chi connectivity index (χ1) is 12.8. The number of rotatable bonds is 4. The van der Waals surface area contributed by atoms with E-state index in [1.54, 1.807) is 24.8 Å². The topological polar surface area (TPSA) is 52.1 Å². The first kappa shape index (κ1) is 16.2. The third kappa shape index (κ3) is 3.54. The summed E-state index contributed by atoms with van der Waals surface area (Å²) in [6.07, 6.45) is 10.5. The number of ketones is 1. The molecule has 128 valence electrons. The Hall–Kier alpha value is -3.27. The molecule has 1 aromatic carbocycles. The van der Waals surface area contributed by atoms with Gasteiger partial charge in [0.05, 0.1) is 0 Å². The number of benzene rings is 1. The molecule has 1 aliphatic carbocycles. The Labute approximate surface area is 152 Å². The van der Waals surface area contributed by atoms with Crippen LogP contribution in [-0.2, 0) is 13.0 Å². The maximum absolute atomic E-state index is 12.9. The van der Waals surface area contributed by atoms with Crippen LogP contribution in [0.5, 0.6) is 5.75 Å². The second-order valence-electron chi connectivity index (χ2n) is 6.25. The molecule has 0 unspecified atom stereocenters. The summed E-state index contributed by atoms with van der Waals surface area (Å²) >= 11 is 0. The molecule has 0 radical (unpaired) electrons. The highest BCUT2D eigenvalue weighted by atomic mass is 16.5. The van der Waals surface area contributed by atoms with Gasteiger partial charge >= 0.3 is 0 Å². The summed E-state index contributed by atoms with van der Waals surface area (Å²) in [5.41, 5.74) is 4.62. The van der Waals surface area contributed by atoms with Gasteiger partial charge in [-0.3, -0.25) is 14.8 Å². The molecule has 0 aliphatic heterocycles. The lowest BCUT2D eigenvalue weighted by Gasteiger charge is -2.18. The summed E-state index contributed by atoms with van der Waals surface area (Å²) in [4.78, 5) is 21.0. The van der Waals surface area contributed by atoms with Gasteiger partial charge in [0.15, 0.2) is 5.78 Å². The molecular formula is C22H18N2O2. The van der Waals surface area contributed by atoms with Crippen molar-refractivity contribution in [3.8, 4) is 5.75 Å². The number of carbonyl (C=O) groups excluding carboxylic acids is 1. The smallest absolute Gasteiger partial charge is 0.189 e. The average Bonchev–Trinajstić information content (AvgIpc) is 2.70. The van der Waals surface area contributed by atoms with E-state index in [0.717, 1.165) is 40.7 Å². The molecule has 1 aliphatic rings. The number of allylic oxidation sites excluding steroid dienone is 1. The normalized spacial score (nSPS) is 14.9. The van der Waals surface area contributed by atoms with E-state index in [1.165, 1.54) is 0 Å². The summed E-state index contributed by atoms with van der Waals surface area (Å²) in [7, 11) is 0. The summed E-state index contributed by atoms with van der Waals surface area (Å²) in [5.74, 6) is 0.779. The second-order valence-corrected chi connectivity index (χ2v) is 6.25. The molecule has 2 aromatic heterocycles. The van der Waals surface area contributed by atoms with Gasteiger partial charge < -0.3 is 4.74 Å². The highest BCUT2D eigenvalue weighted by Crippen LogP contribution is 2.29. The van der Waals surface area contributed by atoms with Crippen LogP contribution in [0.25, 0.3) is 6.08 Å². The number of carbonyl (C=O) groups is 1. The zero-order valence-corrected chi connectivity index (χ0v) is 14.3. The Morgan fingerprint density at radius 1 is 1.00 bits per heavy atom. The number of aromatic nitrogens is 2. The monoisotopic (exact) mass is 342 g/mol. The van der Waals surface area contributed by atoms with E-state index in [9.17, 15) is 4.79 Å². The SMILES string of the molecule is O=C1C(=Cc2cccnc2)CCc2ccc(OCc3ccncc3)cc21. The quantitative estimate of drug-likeness (QED) is 0.665. The van der Waals surface area contributed by atoms with Crippen LogP contribution in [0.2, 0.25) is 0 Å². The zero-order valence-electron chi connectivity index (χ0n) is 14.3. The number of hydrogen-bond acceptors (Lipinski definition) is 4. The van der Waals surface area contributed by atoms with Gasteiger partial charge in [0.1, 0.15) is 12.4 Å². The maximum atomic E-state index is 12.9. The Morgan fingerprint density at radius 2 is 1.88 bits per heavy atom. The van der Waals surface area contributed by atoms with E-state index in [0.29, 0.717) is 12.4 Å². The van der Waals surface area contributed by atoms with Crippen LogP contribution in [0.1, 0.15) is 33.5 Å². The molecule has 0 fully saturated rings. The van der Waals surface area contributed by atoms with Crippen LogP contribution in [0.3, 0.4) is 0 Å². The number of aryl methyl sites for hydroxylation is 1. The van der Waals surface area contributed by atoms with Crippen molar-refractivity contribution in [1.82, 2.24) is 9.97 Å². The summed E-state index contributed by atoms with van der Waals surface area (Å²) < 4.78 is 5.85. The van der Waals surface area contributed by atoms with Crippen molar-refractivity contribution in [2.75, 3.05) is 0 Å². The lowest BCUT2D eigenvalue weighted by Crippen LogP contribution is -2.14. The fourth-order valence-electron chi connectivity index (χ4n) is 3.08. The average molecular weight is 342 g/mol. The van der Waals surface area contributed by atoms with E-state index < -0.39 is 0 Å². The predicted molar refractivity (Wildman–Crippen MR) is 99.9 cm³/mol. The fourth-order valence-corrected chi connectivity index (χ4v) is 3.08. The Kier molecular flexibility index (Phi) is 4.56. The standard InChI is InChI=1S/C22H18N2O2/c25-22-19(12-17-2-1-9-24-14-17)4-3-18-5-6-20(13-21(18)22)26-15-16-7-10-23-11-8-16/h1-2,5-14H,3-4,15H2. The van der Waals surface area contributed by atoms with Gasteiger partial charge in [-0.1, -0.05) is 12.1 Å². The molecular weight excluding hydrogens is 324 g/mol. The molecule has 0 N–H and O–H groups in total. The van der Waals surface area contributed by atoms with Crippen molar-refractivity contribution in [2.24, 2.45) is 0 Å². The predicted octanol–water partition coefficient (Wildman–Crippen LogP) is 4.27. The van der Waals surface area contributed by atoms with Gasteiger partial charge in [-0.05, 0) is 65.9 Å². The van der Waals surface area contributed by atoms with Gasteiger partial charge in [0, 0.05) is 35.9 Å². The molecule has 2 heterocycles. The van der Waals surface area contributed by atoms with Crippen molar-refractivity contribution in [1.29, 1.82) is 0 Å². The molecule has 0 spiro atoms. The van der Waals surface area contributed by atoms with Crippen LogP contribution in [0, 0.1) is 0 Å². The highest BCUT2D eigenvalue weighted by molar-refractivity contribution is 6.13. The molecule has 26 heavy (non-hydrogen) atoms. The first-order valence-electron chi connectivity index (χ1n) is 8.59. The Balaban J connectivity index is 1.55. The van der Waals surface area contributed by atoms with Gasteiger partial charge in [0.25, 0.3) is 0 Å². The van der Waals surface area contributed by atoms with Gasteiger partial charge in [-0.15, -0.1) is 0 Å². The molecule has 0 amide bonds. The Morgan fingerprint density at radius 3 is 2.69 bits per heavy atom.